The molecular weight excluding hydrogens is 258 g/mol. The Kier molecular flexibility index (Phi) is 9.54. The molecule has 118 valence electrons. The first-order valence-corrected chi connectivity index (χ1v) is 12.4. The van der Waals surface area contributed by atoms with E-state index in [0.29, 0.717) is 0 Å². The van der Waals surface area contributed by atoms with Crippen LogP contribution in [-0.4, -0.2) is 32.2 Å². The summed E-state index contributed by atoms with van der Waals surface area (Å²) >= 11 is 0. The van der Waals surface area contributed by atoms with Crippen LogP contribution in [0.3, 0.4) is 0 Å². The smallest absolute Gasteiger partial charge is 0.0666 e. The van der Waals surface area contributed by atoms with E-state index in [2.05, 4.69) is 30.6 Å². The average molecular weight is 296 g/mol. The molecule has 0 atom stereocenters. The van der Waals surface area contributed by atoms with Crippen LogP contribution in [0.15, 0.2) is 12.7 Å². The van der Waals surface area contributed by atoms with E-state index < -0.39 is 8.07 Å². The van der Waals surface area contributed by atoms with Gasteiger partial charge < -0.3 is 4.90 Å². The van der Waals surface area contributed by atoms with Crippen molar-refractivity contribution >= 4 is 8.07 Å². The Labute approximate surface area is 128 Å². The van der Waals surface area contributed by atoms with Crippen molar-refractivity contribution in [3.8, 4) is 0 Å². The summed E-state index contributed by atoms with van der Waals surface area (Å²) in [5.74, 6) is 0. The highest BCUT2D eigenvalue weighted by molar-refractivity contribution is 6.77. The van der Waals surface area contributed by atoms with Crippen LogP contribution in [0, 0.1) is 0 Å². The van der Waals surface area contributed by atoms with Crippen molar-refractivity contribution in [1.82, 2.24) is 4.90 Å². The van der Waals surface area contributed by atoms with Crippen LogP contribution in [0.4, 0.5) is 0 Å². The fraction of sp³-hybridized carbons (Fsp3) is 0.889. The third-order valence-electron chi connectivity index (χ3n) is 4.55. The van der Waals surface area contributed by atoms with Gasteiger partial charge in [-0.25, -0.2) is 0 Å². The first kappa shape index (κ1) is 18.0. The van der Waals surface area contributed by atoms with Crippen LogP contribution in [0.5, 0.6) is 0 Å². The van der Waals surface area contributed by atoms with Gasteiger partial charge in [0.1, 0.15) is 0 Å². The molecule has 1 nitrogen and oxygen atoms in total. The lowest BCUT2D eigenvalue weighted by Crippen LogP contribution is -2.43. The van der Waals surface area contributed by atoms with Gasteiger partial charge in [-0.2, -0.15) is 0 Å². The molecule has 0 saturated carbocycles. The number of hydrogen-bond donors (Lipinski definition) is 0. The molecule has 0 unspecified atom stereocenters. The Bertz CT molecular complexity index is 236. The molecule has 2 heteroatoms. The molecule has 1 fully saturated rings. The molecule has 0 spiro atoms. The maximum Gasteiger partial charge on any atom is 0.0666 e. The highest BCUT2D eigenvalue weighted by atomic mass is 28.3. The van der Waals surface area contributed by atoms with Crippen molar-refractivity contribution in [3.63, 3.8) is 0 Å². The molecule has 1 aliphatic heterocycles. The molecule has 1 saturated heterocycles. The number of rotatable bonds is 4. The summed E-state index contributed by atoms with van der Waals surface area (Å²) in [4.78, 5) is 2.79. The third-order valence-corrected chi connectivity index (χ3v) is 7.24. The Morgan fingerprint density at radius 2 is 1.20 bits per heavy atom. The van der Waals surface area contributed by atoms with E-state index in [1.165, 1.54) is 89.5 Å². The van der Waals surface area contributed by atoms with Crippen LogP contribution in [0.2, 0.25) is 19.1 Å². The molecule has 0 aliphatic carbocycles. The van der Waals surface area contributed by atoms with Gasteiger partial charge in [-0.15, -0.1) is 6.58 Å². The van der Waals surface area contributed by atoms with Crippen LogP contribution in [-0.2, 0) is 0 Å². The highest BCUT2D eigenvalue weighted by Crippen LogP contribution is 2.16. The SMILES string of the molecule is C=CC[Si](C)(C)CN1CCCCCCCCCCCC1. The van der Waals surface area contributed by atoms with Crippen molar-refractivity contribution in [2.45, 2.75) is 83.3 Å². The fourth-order valence-corrected chi connectivity index (χ4v) is 5.85. The second-order valence-corrected chi connectivity index (χ2v) is 12.5. The minimum atomic E-state index is -1.08. The monoisotopic (exact) mass is 295 g/mol. The summed E-state index contributed by atoms with van der Waals surface area (Å²) in [6.07, 6.45) is 18.0. The Morgan fingerprint density at radius 1 is 0.800 bits per heavy atom. The van der Waals surface area contributed by atoms with Gasteiger partial charge in [0, 0.05) is 0 Å². The topological polar surface area (TPSA) is 3.24 Å². The molecular formula is C18H37NSi. The van der Waals surface area contributed by atoms with Crippen molar-refractivity contribution in [2.24, 2.45) is 0 Å². The number of hydrogen-bond acceptors (Lipinski definition) is 1. The zero-order valence-corrected chi connectivity index (χ0v) is 15.1. The van der Waals surface area contributed by atoms with E-state index in [0.717, 1.165) is 0 Å². The van der Waals surface area contributed by atoms with Crippen molar-refractivity contribution < 1.29 is 0 Å². The molecule has 0 aromatic heterocycles. The third kappa shape index (κ3) is 8.96. The summed E-state index contributed by atoms with van der Waals surface area (Å²) in [5.41, 5.74) is 0. The first-order valence-electron chi connectivity index (χ1n) is 8.97. The quantitative estimate of drug-likeness (QED) is 0.479. The summed E-state index contributed by atoms with van der Waals surface area (Å²) < 4.78 is 0. The maximum atomic E-state index is 3.95. The summed E-state index contributed by atoms with van der Waals surface area (Å²) in [5, 5.41) is 0. The van der Waals surface area contributed by atoms with Crippen LogP contribution >= 0.6 is 0 Å². The molecule has 20 heavy (non-hydrogen) atoms. The largest absolute Gasteiger partial charge is 0.306 e. The highest BCUT2D eigenvalue weighted by Gasteiger charge is 2.22. The standard InChI is InChI=1S/C18H37NSi/c1-4-17-20(2,3)18-19-15-13-11-9-7-5-6-8-10-12-14-16-19/h4H,1,5-18H2,2-3H3. The van der Waals surface area contributed by atoms with Gasteiger partial charge in [0.15, 0.2) is 0 Å². The molecule has 0 N–H and O–H groups in total. The molecule has 0 aromatic carbocycles. The van der Waals surface area contributed by atoms with E-state index in [9.17, 15) is 0 Å². The average Bonchev–Trinajstić information content (AvgIpc) is 2.40. The Balaban J connectivity index is 2.40. The van der Waals surface area contributed by atoms with Gasteiger partial charge in [0.25, 0.3) is 0 Å². The van der Waals surface area contributed by atoms with Gasteiger partial charge in [-0.1, -0.05) is 70.5 Å². The van der Waals surface area contributed by atoms with Crippen LogP contribution in [0.25, 0.3) is 0 Å². The van der Waals surface area contributed by atoms with Gasteiger partial charge in [0.2, 0.25) is 0 Å². The lowest BCUT2D eigenvalue weighted by molar-refractivity contribution is 0.296. The molecule has 1 rings (SSSR count). The summed E-state index contributed by atoms with van der Waals surface area (Å²) in [6.45, 7) is 11.7. The van der Waals surface area contributed by atoms with Gasteiger partial charge in [-0.3, -0.25) is 0 Å². The number of allylic oxidation sites excluding steroid dienone is 1. The van der Waals surface area contributed by atoms with E-state index in [1.54, 1.807) is 0 Å². The van der Waals surface area contributed by atoms with E-state index >= 15 is 0 Å². The van der Waals surface area contributed by atoms with Crippen LogP contribution < -0.4 is 0 Å². The molecule has 0 bridgehead atoms. The predicted octanol–water partition coefficient (Wildman–Crippen LogP) is 5.64. The first-order chi connectivity index (χ1) is 9.64. The minimum Gasteiger partial charge on any atom is -0.306 e. The fourth-order valence-electron chi connectivity index (χ4n) is 3.42. The lowest BCUT2D eigenvalue weighted by atomic mass is 10.1. The normalized spacial score (nSPS) is 21.5. The van der Waals surface area contributed by atoms with Crippen molar-refractivity contribution in [3.05, 3.63) is 12.7 Å². The second kappa shape index (κ2) is 10.6. The van der Waals surface area contributed by atoms with E-state index in [4.69, 9.17) is 0 Å². The van der Waals surface area contributed by atoms with Crippen LogP contribution in [0.1, 0.15) is 64.2 Å². The predicted molar refractivity (Wildman–Crippen MR) is 95.1 cm³/mol. The lowest BCUT2D eigenvalue weighted by Gasteiger charge is -2.31. The summed E-state index contributed by atoms with van der Waals surface area (Å²) in [7, 11) is -1.08. The second-order valence-electron chi connectivity index (χ2n) is 7.47. The zero-order chi connectivity index (χ0) is 14.7. The Morgan fingerprint density at radius 3 is 1.60 bits per heavy atom. The molecule has 0 aromatic rings. The minimum absolute atomic E-state index is 1.08. The maximum absolute atomic E-state index is 3.95. The van der Waals surface area contributed by atoms with Gasteiger partial charge >= 0.3 is 0 Å². The van der Waals surface area contributed by atoms with Crippen molar-refractivity contribution in [2.75, 3.05) is 19.3 Å². The molecule has 1 aliphatic rings. The zero-order valence-electron chi connectivity index (χ0n) is 14.1. The van der Waals surface area contributed by atoms with Gasteiger partial charge in [0.05, 0.1) is 8.07 Å². The molecule has 1 heterocycles. The Hall–Kier alpha value is -0.0831. The van der Waals surface area contributed by atoms with E-state index in [1.807, 2.05) is 0 Å². The van der Waals surface area contributed by atoms with Crippen molar-refractivity contribution in [1.29, 1.82) is 0 Å². The number of nitrogens with zero attached hydrogens (tertiary/aromatic N) is 1. The van der Waals surface area contributed by atoms with Gasteiger partial charge in [-0.05, 0) is 38.1 Å². The summed E-state index contributed by atoms with van der Waals surface area (Å²) in [6, 6.07) is 1.27. The molecule has 0 radical (unpaired) electrons. The van der Waals surface area contributed by atoms with E-state index in [-0.39, 0.29) is 0 Å². The molecule has 0 amide bonds.